The Morgan fingerprint density at radius 1 is 1.05 bits per heavy atom. The number of nitrogens with two attached hydrogens (primary N) is 1. The summed E-state index contributed by atoms with van der Waals surface area (Å²) in [6.45, 7) is 1.78. The van der Waals surface area contributed by atoms with Crippen LogP contribution >= 0.6 is 0 Å². The van der Waals surface area contributed by atoms with E-state index in [1.807, 2.05) is 0 Å². The van der Waals surface area contributed by atoms with Crippen LogP contribution in [-0.4, -0.2) is 14.3 Å². The maximum absolute atomic E-state index is 12.6. The number of hydrogen-bond donors (Lipinski definition) is 1. The predicted octanol–water partition coefficient (Wildman–Crippen LogP) is 2.30. The Kier molecular flexibility index (Phi) is 4.23. The van der Waals surface area contributed by atoms with Crippen LogP contribution < -0.4 is 5.73 Å². The van der Waals surface area contributed by atoms with Gasteiger partial charge in [-0.3, -0.25) is 4.79 Å². The second kappa shape index (κ2) is 5.93. The third kappa shape index (κ3) is 3.38. The second-order valence-electron chi connectivity index (χ2n) is 4.60. The van der Waals surface area contributed by atoms with Crippen molar-refractivity contribution < 1.29 is 13.2 Å². The molecule has 21 heavy (non-hydrogen) atoms. The van der Waals surface area contributed by atoms with E-state index in [0.717, 1.165) is 5.56 Å². The fraction of sp³-hybridized carbons (Fsp3) is 0.0625. The molecule has 108 valence electrons. The van der Waals surface area contributed by atoms with Crippen molar-refractivity contribution >= 4 is 21.8 Å². The van der Waals surface area contributed by atoms with Crippen molar-refractivity contribution in [3.63, 3.8) is 0 Å². The molecular formula is C16H15NO3S. The maximum atomic E-state index is 12.6. The number of benzene rings is 2. The smallest absolute Gasteiger partial charge is 0.260 e. The van der Waals surface area contributed by atoms with E-state index in [-0.39, 0.29) is 4.90 Å². The molecule has 2 N–H and O–H groups in total. The number of primary amides is 1. The zero-order valence-corrected chi connectivity index (χ0v) is 12.3. The van der Waals surface area contributed by atoms with Crippen molar-refractivity contribution in [2.45, 2.75) is 11.8 Å². The molecule has 5 heteroatoms. The minimum Gasteiger partial charge on any atom is -0.365 e. The van der Waals surface area contributed by atoms with Gasteiger partial charge in [0, 0.05) is 0 Å². The molecule has 0 aliphatic carbocycles. The van der Waals surface area contributed by atoms with E-state index in [1.165, 1.54) is 18.2 Å². The fourth-order valence-corrected chi connectivity index (χ4v) is 3.30. The van der Waals surface area contributed by atoms with E-state index < -0.39 is 20.6 Å². The molecule has 0 bridgehead atoms. The number of aryl methyl sites for hydroxylation is 1. The highest BCUT2D eigenvalue weighted by Gasteiger charge is 2.25. The molecule has 2 rings (SSSR count). The van der Waals surface area contributed by atoms with Crippen LogP contribution in [-0.2, 0) is 14.6 Å². The van der Waals surface area contributed by atoms with Gasteiger partial charge < -0.3 is 5.73 Å². The zero-order chi connectivity index (χ0) is 15.5. The van der Waals surface area contributed by atoms with Gasteiger partial charge in [0.25, 0.3) is 5.91 Å². The van der Waals surface area contributed by atoms with Crippen molar-refractivity contribution in [1.82, 2.24) is 0 Å². The molecule has 0 saturated heterocycles. The molecule has 0 heterocycles. The molecule has 0 radical (unpaired) electrons. The lowest BCUT2D eigenvalue weighted by molar-refractivity contribution is -0.113. The van der Waals surface area contributed by atoms with Gasteiger partial charge in [0.15, 0.2) is 0 Å². The highest BCUT2D eigenvalue weighted by atomic mass is 32.2. The molecule has 0 saturated carbocycles. The molecular weight excluding hydrogens is 286 g/mol. The lowest BCUT2D eigenvalue weighted by Gasteiger charge is -2.07. The molecule has 0 aliphatic heterocycles. The lowest BCUT2D eigenvalue weighted by atomic mass is 10.2. The molecule has 0 atom stereocenters. The highest BCUT2D eigenvalue weighted by molar-refractivity contribution is 7.96. The minimum atomic E-state index is -3.93. The SMILES string of the molecule is Cc1cccc(S(=O)(=O)/C(=C\c2ccccc2)C(N)=O)c1. The van der Waals surface area contributed by atoms with Gasteiger partial charge in [-0.1, -0.05) is 42.5 Å². The highest BCUT2D eigenvalue weighted by Crippen LogP contribution is 2.22. The Morgan fingerprint density at radius 2 is 1.71 bits per heavy atom. The molecule has 1 amide bonds. The molecule has 0 fully saturated rings. The van der Waals surface area contributed by atoms with Crippen molar-refractivity contribution in [2.75, 3.05) is 0 Å². The van der Waals surface area contributed by atoms with Crippen molar-refractivity contribution in [1.29, 1.82) is 0 Å². The topological polar surface area (TPSA) is 77.2 Å². The average Bonchev–Trinajstić information content (AvgIpc) is 2.45. The standard InChI is InChI=1S/C16H15NO3S/c1-12-6-5-9-14(10-12)21(19,20)15(16(17)18)11-13-7-3-2-4-8-13/h2-11H,1H3,(H2,17,18)/b15-11-. The number of carbonyl (C=O) groups is 1. The van der Waals surface area contributed by atoms with Gasteiger partial charge in [-0.15, -0.1) is 0 Å². The Morgan fingerprint density at radius 3 is 2.29 bits per heavy atom. The maximum Gasteiger partial charge on any atom is 0.260 e. The number of sulfone groups is 1. The molecule has 2 aromatic rings. The van der Waals surface area contributed by atoms with E-state index >= 15 is 0 Å². The molecule has 0 unspecified atom stereocenters. The summed E-state index contributed by atoms with van der Waals surface area (Å²) >= 11 is 0. The van der Waals surface area contributed by atoms with Gasteiger partial charge in [-0.05, 0) is 36.3 Å². The third-order valence-corrected chi connectivity index (χ3v) is 4.70. The van der Waals surface area contributed by atoms with Crippen LogP contribution in [0.4, 0.5) is 0 Å². The largest absolute Gasteiger partial charge is 0.365 e. The first kappa shape index (κ1) is 15.0. The number of amides is 1. The predicted molar refractivity (Wildman–Crippen MR) is 82.0 cm³/mol. The van der Waals surface area contributed by atoms with Gasteiger partial charge in [-0.25, -0.2) is 8.42 Å². The lowest BCUT2D eigenvalue weighted by Crippen LogP contribution is -2.21. The third-order valence-electron chi connectivity index (χ3n) is 2.93. The molecule has 0 spiro atoms. The van der Waals surface area contributed by atoms with Crippen molar-refractivity contribution in [3.05, 3.63) is 70.6 Å². The van der Waals surface area contributed by atoms with Gasteiger partial charge in [-0.2, -0.15) is 0 Å². The van der Waals surface area contributed by atoms with Crippen LogP contribution in [0.5, 0.6) is 0 Å². The number of carbonyl (C=O) groups excluding carboxylic acids is 1. The summed E-state index contributed by atoms with van der Waals surface area (Å²) in [6.07, 6.45) is 1.29. The summed E-state index contributed by atoms with van der Waals surface area (Å²) in [5, 5.41) is 0. The summed E-state index contributed by atoms with van der Waals surface area (Å²) in [7, 11) is -3.93. The first-order valence-corrected chi connectivity index (χ1v) is 7.78. The molecule has 0 aromatic heterocycles. The molecule has 0 aliphatic rings. The van der Waals surface area contributed by atoms with Crippen molar-refractivity contribution in [2.24, 2.45) is 5.73 Å². The van der Waals surface area contributed by atoms with Crippen LogP contribution in [0.2, 0.25) is 0 Å². The summed E-state index contributed by atoms with van der Waals surface area (Å²) < 4.78 is 25.1. The van der Waals surface area contributed by atoms with Gasteiger partial charge >= 0.3 is 0 Å². The monoisotopic (exact) mass is 301 g/mol. The summed E-state index contributed by atoms with van der Waals surface area (Å²) in [5.41, 5.74) is 6.65. The van der Waals surface area contributed by atoms with E-state index in [9.17, 15) is 13.2 Å². The van der Waals surface area contributed by atoms with E-state index in [0.29, 0.717) is 5.56 Å². The van der Waals surface area contributed by atoms with E-state index in [1.54, 1.807) is 49.4 Å². The van der Waals surface area contributed by atoms with E-state index in [2.05, 4.69) is 0 Å². The Balaban J connectivity index is 2.58. The normalized spacial score (nSPS) is 12.1. The Hall–Kier alpha value is -2.40. The van der Waals surface area contributed by atoms with Crippen molar-refractivity contribution in [3.8, 4) is 0 Å². The van der Waals surface area contributed by atoms with Crippen LogP contribution in [0.25, 0.3) is 6.08 Å². The van der Waals surface area contributed by atoms with E-state index in [4.69, 9.17) is 5.73 Å². The average molecular weight is 301 g/mol. The van der Waals surface area contributed by atoms with Gasteiger partial charge in [0.2, 0.25) is 9.84 Å². The summed E-state index contributed by atoms with van der Waals surface area (Å²) in [6, 6.07) is 15.1. The molecule has 4 nitrogen and oxygen atoms in total. The number of rotatable bonds is 4. The Labute approximate surface area is 123 Å². The van der Waals surface area contributed by atoms with Crippen LogP contribution in [0.3, 0.4) is 0 Å². The first-order chi connectivity index (χ1) is 9.91. The van der Waals surface area contributed by atoms with Crippen LogP contribution in [0, 0.1) is 6.92 Å². The summed E-state index contributed by atoms with van der Waals surface area (Å²) in [5.74, 6) is -0.972. The van der Waals surface area contributed by atoms with Crippen LogP contribution in [0.15, 0.2) is 64.4 Å². The Bertz CT molecular complexity index is 793. The number of hydrogen-bond acceptors (Lipinski definition) is 3. The van der Waals surface area contributed by atoms with Gasteiger partial charge in [0.1, 0.15) is 4.91 Å². The molecule has 2 aromatic carbocycles. The summed E-state index contributed by atoms with van der Waals surface area (Å²) in [4.78, 5) is 11.2. The van der Waals surface area contributed by atoms with Gasteiger partial charge in [0.05, 0.1) is 4.90 Å². The second-order valence-corrected chi connectivity index (χ2v) is 6.52. The fourth-order valence-electron chi connectivity index (χ4n) is 1.89. The minimum absolute atomic E-state index is 0.0588. The quantitative estimate of drug-likeness (QED) is 0.880. The zero-order valence-electron chi connectivity index (χ0n) is 11.5. The van der Waals surface area contributed by atoms with Crippen LogP contribution in [0.1, 0.15) is 11.1 Å². The first-order valence-electron chi connectivity index (χ1n) is 6.29.